The van der Waals surface area contributed by atoms with Crippen molar-refractivity contribution in [1.29, 1.82) is 0 Å². The first-order valence-electron chi connectivity index (χ1n) is 8.16. The minimum atomic E-state index is 0.509. The van der Waals surface area contributed by atoms with Gasteiger partial charge in [0, 0.05) is 31.5 Å². The Hall–Kier alpha value is -2.21. The van der Waals surface area contributed by atoms with Crippen LogP contribution < -0.4 is 10.6 Å². The quantitative estimate of drug-likeness (QED) is 0.911. The predicted molar refractivity (Wildman–Crippen MR) is 90.5 cm³/mol. The first-order chi connectivity index (χ1) is 11.1. The predicted octanol–water partition coefficient (Wildman–Crippen LogP) is 2.48. The van der Waals surface area contributed by atoms with Crippen LogP contribution in [0.4, 0.5) is 11.6 Å². The van der Waals surface area contributed by atoms with Gasteiger partial charge in [0.25, 0.3) is 0 Å². The van der Waals surface area contributed by atoms with Crippen molar-refractivity contribution in [3.8, 4) is 0 Å². The number of nitrogens with zero attached hydrogens (tertiary/aromatic N) is 4. The van der Waals surface area contributed by atoms with E-state index in [0.717, 1.165) is 29.1 Å². The standard InChI is InChI=1S/C17H22N6/c1-10-8-18-17(20-15-9-23(3)22-11(15)2)21-16(10)12-6-13-4-5-14(7-12)19-13/h6,8-9,13-14,19H,4-5,7H2,1-3H3,(H,18,20,21). The fraction of sp³-hybridized carbons (Fsp3) is 0.471. The average Bonchev–Trinajstić information content (AvgIpc) is 3.02. The maximum atomic E-state index is 4.78. The topological polar surface area (TPSA) is 67.7 Å². The molecule has 6 nitrogen and oxygen atoms in total. The summed E-state index contributed by atoms with van der Waals surface area (Å²) in [4.78, 5) is 9.21. The van der Waals surface area contributed by atoms with E-state index in [0.29, 0.717) is 18.0 Å². The molecule has 0 aliphatic carbocycles. The lowest BCUT2D eigenvalue weighted by atomic mass is 9.98. The van der Waals surface area contributed by atoms with E-state index in [1.165, 1.54) is 18.4 Å². The van der Waals surface area contributed by atoms with Crippen molar-refractivity contribution >= 4 is 17.2 Å². The van der Waals surface area contributed by atoms with Gasteiger partial charge in [-0.25, -0.2) is 9.97 Å². The number of fused-ring (bicyclic) bond motifs is 2. The van der Waals surface area contributed by atoms with Crippen molar-refractivity contribution in [2.75, 3.05) is 5.32 Å². The highest BCUT2D eigenvalue weighted by molar-refractivity contribution is 5.69. The van der Waals surface area contributed by atoms with E-state index in [9.17, 15) is 0 Å². The summed E-state index contributed by atoms with van der Waals surface area (Å²) in [5.41, 5.74) is 5.44. The number of nitrogens with one attached hydrogen (secondary N) is 2. The van der Waals surface area contributed by atoms with Gasteiger partial charge in [-0.3, -0.25) is 4.68 Å². The zero-order valence-electron chi connectivity index (χ0n) is 13.8. The highest BCUT2D eigenvalue weighted by atomic mass is 15.3. The van der Waals surface area contributed by atoms with E-state index in [1.807, 2.05) is 26.4 Å². The van der Waals surface area contributed by atoms with Crippen LogP contribution in [-0.2, 0) is 7.05 Å². The second-order valence-electron chi connectivity index (χ2n) is 6.60. The average molecular weight is 310 g/mol. The number of hydrogen-bond donors (Lipinski definition) is 2. The number of anilines is 2. The molecule has 0 radical (unpaired) electrons. The van der Waals surface area contributed by atoms with Crippen LogP contribution in [0.25, 0.3) is 5.57 Å². The molecule has 6 heteroatoms. The van der Waals surface area contributed by atoms with Crippen LogP contribution in [0.5, 0.6) is 0 Å². The Bertz CT molecular complexity index is 775. The molecule has 23 heavy (non-hydrogen) atoms. The van der Waals surface area contributed by atoms with Gasteiger partial charge < -0.3 is 10.6 Å². The van der Waals surface area contributed by atoms with E-state index in [-0.39, 0.29) is 0 Å². The molecule has 0 aromatic carbocycles. The molecule has 1 saturated heterocycles. The number of aromatic nitrogens is 4. The second kappa shape index (κ2) is 5.45. The molecular formula is C17H22N6. The van der Waals surface area contributed by atoms with Crippen molar-refractivity contribution in [1.82, 2.24) is 25.1 Å². The van der Waals surface area contributed by atoms with Crippen LogP contribution in [-0.4, -0.2) is 31.8 Å². The van der Waals surface area contributed by atoms with E-state index < -0.39 is 0 Å². The molecule has 4 rings (SSSR count). The van der Waals surface area contributed by atoms with Crippen molar-refractivity contribution < 1.29 is 0 Å². The molecule has 4 heterocycles. The minimum absolute atomic E-state index is 0.509. The summed E-state index contributed by atoms with van der Waals surface area (Å²) in [6, 6.07) is 1.11. The molecule has 2 aliphatic rings. The number of aryl methyl sites for hydroxylation is 3. The van der Waals surface area contributed by atoms with Crippen molar-refractivity contribution in [2.45, 2.75) is 45.2 Å². The fourth-order valence-electron chi connectivity index (χ4n) is 3.56. The van der Waals surface area contributed by atoms with Gasteiger partial charge >= 0.3 is 0 Å². The molecule has 2 unspecified atom stereocenters. The maximum Gasteiger partial charge on any atom is 0.227 e. The zero-order valence-corrected chi connectivity index (χ0v) is 13.8. The molecular weight excluding hydrogens is 288 g/mol. The van der Waals surface area contributed by atoms with Crippen LogP contribution in [0.15, 0.2) is 18.5 Å². The molecule has 2 atom stereocenters. The Morgan fingerprint density at radius 2 is 2.17 bits per heavy atom. The van der Waals surface area contributed by atoms with Crippen LogP contribution in [0.1, 0.15) is 36.2 Å². The third kappa shape index (κ3) is 2.74. The van der Waals surface area contributed by atoms with Crippen LogP contribution >= 0.6 is 0 Å². The normalized spacial score (nSPS) is 23.0. The lowest BCUT2D eigenvalue weighted by Crippen LogP contribution is -2.32. The summed E-state index contributed by atoms with van der Waals surface area (Å²) >= 11 is 0. The highest BCUT2D eigenvalue weighted by Gasteiger charge is 2.29. The van der Waals surface area contributed by atoms with Crippen molar-refractivity contribution in [3.05, 3.63) is 35.4 Å². The Labute approximate surface area is 136 Å². The van der Waals surface area contributed by atoms with Gasteiger partial charge in [0.2, 0.25) is 5.95 Å². The Balaban J connectivity index is 1.65. The molecule has 0 amide bonds. The number of rotatable bonds is 3. The van der Waals surface area contributed by atoms with Gasteiger partial charge in [-0.05, 0) is 44.2 Å². The Morgan fingerprint density at radius 1 is 1.30 bits per heavy atom. The molecule has 2 bridgehead atoms. The van der Waals surface area contributed by atoms with Crippen LogP contribution in [0.3, 0.4) is 0 Å². The Kier molecular flexibility index (Phi) is 3.41. The third-order valence-corrected chi connectivity index (χ3v) is 4.68. The molecule has 0 saturated carbocycles. The van der Waals surface area contributed by atoms with E-state index in [2.05, 4.69) is 33.7 Å². The molecule has 2 N–H and O–H groups in total. The van der Waals surface area contributed by atoms with Gasteiger partial charge in [-0.1, -0.05) is 6.08 Å². The maximum absolute atomic E-state index is 4.78. The summed E-state index contributed by atoms with van der Waals surface area (Å²) in [7, 11) is 1.91. The molecule has 0 spiro atoms. The lowest BCUT2D eigenvalue weighted by Gasteiger charge is -2.22. The van der Waals surface area contributed by atoms with Gasteiger partial charge in [-0.15, -0.1) is 0 Å². The van der Waals surface area contributed by atoms with Crippen LogP contribution in [0, 0.1) is 13.8 Å². The van der Waals surface area contributed by atoms with Gasteiger partial charge in [-0.2, -0.15) is 5.10 Å². The molecule has 1 fully saturated rings. The van der Waals surface area contributed by atoms with Crippen molar-refractivity contribution in [3.63, 3.8) is 0 Å². The number of hydrogen-bond acceptors (Lipinski definition) is 5. The molecule has 120 valence electrons. The molecule has 2 aromatic heterocycles. The first-order valence-corrected chi connectivity index (χ1v) is 8.16. The Morgan fingerprint density at radius 3 is 2.91 bits per heavy atom. The van der Waals surface area contributed by atoms with Gasteiger partial charge in [0.1, 0.15) is 0 Å². The van der Waals surface area contributed by atoms with E-state index in [4.69, 9.17) is 4.98 Å². The SMILES string of the molecule is Cc1cnc(Nc2cn(C)nc2C)nc1C1=CC2CCC(C1)N2. The smallest absolute Gasteiger partial charge is 0.227 e. The van der Waals surface area contributed by atoms with Gasteiger partial charge in [0.05, 0.1) is 17.1 Å². The summed E-state index contributed by atoms with van der Waals surface area (Å²) in [6.07, 6.45) is 9.74. The van der Waals surface area contributed by atoms with E-state index in [1.54, 1.807) is 4.68 Å². The monoisotopic (exact) mass is 310 g/mol. The summed E-state index contributed by atoms with van der Waals surface area (Å²) < 4.78 is 1.79. The van der Waals surface area contributed by atoms with Crippen LogP contribution in [0.2, 0.25) is 0 Å². The largest absolute Gasteiger partial charge is 0.321 e. The third-order valence-electron chi connectivity index (χ3n) is 4.68. The zero-order chi connectivity index (χ0) is 16.0. The summed E-state index contributed by atoms with van der Waals surface area (Å²) in [5.74, 6) is 0.633. The van der Waals surface area contributed by atoms with Crippen molar-refractivity contribution in [2.24, 2.45) is 7.05 Å². The summed E-state index contributed by atoms with van der Waals surface area (Å²) in [5, 5.41) is 11.3. The second-order valence-corrected chi connectivity index (χ2v) is 6.60. The fourth-order valence-corrected chi connectivity index (χ4v) is 3.56. The molecule has 2 aliphatic heterocycles. The highest BCUT2D eigenvalue weighted by Crippen LogP contribution is 2.32. The molecule has 2 aromatic rings. The summed E-state index contributed by atoms with van der Waals surface area (Å²) in [6.45, 7) is 4.06. The van der Waals surface area contributed by atoms with Gasteiger partial charge in [0.15, 0.2) is 0 Å². The minimum Gasteiger partial charge on any atom is -0.321 e. The lowest BCUT2D eigenvalue weighted by molar-refractivity contribution is 0.574. The van der Waals surface area contributed by atoms with E-state index >= 15 is 0 Å². The first kappa shape index (κ1) is 14.4.